The molecule has 2 rings (SSSR count). The summed E-state index contributed by atoms with van der Waals surface area (Å²) in [5.41, 5.74) is 0.919. The van der Waals surface area contributed by atoms with Gasteiger partial charge in [-0.15, -0.1) is 0 Å². The van der Waals surface area contributed by atoms with Crippen molar-refractivity contribution in [2.75, 3.05) is 26.0 Å². The Hall–Kier alpha value is -3.22. The number of hydrogen-bond donors (Lipinski definition) is 1. The average molecular weight is 360 g/mol. The van der Waals surface area contributed by atoms with Crippen molar-refractivity contribution in [3.63, 3.8) is 0 Å². The third-order valence-corrected chi connectivity index (χ3v) is 3.48. The van der Waals surface area contributed by atoms with Crippen molar-refractivity contribution in [1.82, 2.24) is 4.90 Å². The molecule has 0 bridgehead atoms. The molecule has 0 aliphatic carbocycles. The Balaban J connectivity index is 1.91. The molecule has 2 amide bonds. The molecule has 7 heteroatoms. The van der Waals surface area contributed by atoms with Gasteiger partial charge in [0, 0.05) is 18.8 Å². The van der Waals surface area contributed by atoms with Gasteiger partial charge >= 0.3 is 0 Å². The van der Waals surface area contributed by atoms with Crippen LogP contribution in [0.4, 0.5) is 14.5 Å². The number of hydrogen-bond acceptors (Lipinski definition) is 3. The van der Waals surface area contributed by atoms with E-state index in [9.17, 15) is 18.4 Å². The zero-order valence-electron chi connectivity index (χ0n) is 14.3. The Labute approximate surface area is 149 Å². The van der Waals surface area contributed by atoms with E-state index in [1.165, 1.54) is 67.6 Å². The van der Waals surface area contributed by atoms with E-state index in [1.807, 2.05) is 0 Å². The minimum Gasteiger partial charge on any atom is -0.494 e. The van der Waals surface area contributed by atoms with Crippen LogP contribution in [-0.2, 0) is 9.59 Å². The summed E-state index contributed by atoms with van der Waals surface area (Å²) in [6.45, 7) is -0.183. The van der Waals surface area contributed by atoms with Crippen molar-refractivity contribution >= 4 is 23.6 Å². The van der Waals surface area contributed by atoms with Crippen molar-refractivity contribution in [2.24, 2.45) is 0 Å². The largest absolute Gasteiger partial charge is 0.494 e. The molecule has 0 aliphatic rings. The van der Waals surface area contributed by atoms with Gasteiger partial charge in [0.25, 0.3) is 0 Å². The smallest absolute Gasteiger partial charge is 0.246 e. The molecular weight excluding hydrogens is 342 g/mol. The van der Waals surface area contributed by atoms with Crippen molar-refractivity contribution in [2.45, 2.75) is 0 Å². The van der Waals surface area contributed by atoms with Gasteiger partial charge in [-0.25, -0.2) is 8.78 Å². The van der Waals surface area contributed by atoms with Crippen LogP contribution in [0.15, 0.2) is 48.5 Å². The summed E-state index contributed by atoms with van der Waals surface area (Å²) in [7, 11) is 2.83. The third kappa shape index (κ3) is 5.41. The maximum atomic E-state index is 13.6. The fourth-order valence-corrected chi connectivity index (χ4v) is 2.11. The zero-order valence-corrected chi connectivity index (χ0v) is 14.3. The number of benzene rings is 2. The van der Waals surface area contributed by atoms with Gasteiger partial charge in [-0.3, -0.25) is 9.59 Å². The summed E-state index contributed by atoms with van der Waals surface area (Å²) in [6, 6.07) is 9.60. The molecule has 0 aromatic heterocycles. The lowest BCUT2D eigenvalue weighted by Gasteiger charge is -2.14. The Morgan fingerprint density at radius 3 is 2.46 bits per heavy atom. The van der Waals surface area contributed by atoms with Gasteiger partial charge in [0.15, 0.2) is 11.6 Å². The van der Waals surface area contributed by atoms with Crippen molar-refractivity contribution < 1.29 is 23.1 Å². The lowest BCUT2D eigenvalue weighted by Crippen LogP contribution is -2.33. The van der Waals surface area contributed by atoms with Gasteiger partial charge in [-0.05, 0) is 48.0 Å². The van der Waals surface area contributed by atoms with Gasteiger partial charge in [0.2, 0.25) is 11.8 Å². The predicted molar refractivity (Wildman–Crippen MR) is 94.7 cm³/mol. The summed E-state index contributed by atoms with van der Waals surface area (Å²) >= 11 is 0. The number of carbonyl (C=O) groups is 2. The van der Waals surface area contributed by atoms with E-state index in [-0.39, 0.29) is 12.3 Å². The van der Waals surface area contributed by atoms with Crippen molar-refractivity contribution in [1.29, 1.82) is 0 Å². The normalized spacial score (nSPS) is 10.6. The van der Waals surface area contributed by atoms with Gasteiger partial charge < -0.3 is 15.0 Å². The number of nitrogens with zero attached hydrogens (tertiary/aromatic N) is 1. The number of anilines is 1. The van der Waals surface area contributed by atoms with E-state index < -0.39 is 23.4 Å². The van der Waals surface area contributed by atoms with Crippen LogP contribution < -0.4 is 10.1 Å². The molecule has 0 radical (unpaired) electrons. The second kappa shape index (κ2) is 8.75. The van der Waals surface area contributed by atoms with Crippen LogP contribution in [0, 0.1) is 11.6 Å². The molecule has 0 atom stereocenters. The molecular formula is C19H18F2N2O3. The molecule has 5 nitrogen and oxygen atoms in total. The Bertz CT molecular complexity index is 820. The number of carbonyl (C=O) groups excluding carboxylic acids is 2. The van der Waals surface area contributed by atoms with Gasteiger partial charge in [0.05, 0.1) is 13.7 Å². The average Bonchev–Trinajstić information content (AvgIpc) is 2.61. The monoisotopic (exact) mass is 360 g/mol. The van der Waals surface area contributed by atoms with Gasteiger partial charge in [-0.2, -0.15) is 0 Å². The second-order valence-corrected chi connectivity index (χ2v) is 5.48. The summed E-state index contributed by atoms with van der Waals surface area (Å²) in [4.78, 5) is 25.2. The molecule has 0 spiro atoms. The Kier molecular flexibility index (Phi) is 6.43. The molecule has 26 heavy (non-hydrogen) atoms. The molecule has 2 aromatic carbocycles. The third-order valence-electron chi connectivity index (χ3n) is 3.48. The molecule has 0 saturated heterocycles. The highest BCUT2D eigenvalue weighted by Gasteiger charge is 2.11. The van der Waals surface area contributed by atoms with Crippen LogP contribution in [0.2, 0.25) is 0 Å². The topological polar surface area (TPSA) is 58.6 Å². The highest BCUT2D eigenvalue weighted by atomic mass is 19.1. The maximum absolute atomic E-state index is 13.6. The highest BCUT2D eigenvalue weighted by Crippen LogP contribution is 2.18. The Morgan fingerprint density at radius 2 is 1.85 bits per heavy atom. The van der Waals surface area contributed by atoms with E-state index in [0.717, 1.165) is 0 Å². The number of halogens is 2. The highest BCUT2D eigenvalue weighted by molar-refractivity contribution is 5.97. The van der Waals surface area contributed by atoms with E-state index in [1.54, 1.807) is 6.07 Å². The van der Waals surface area contributed by atoms with E-state index in [0.29, 0.717) is 11.3 Å². The molecule has 0 aliphatic heterocycles. The molecule has 0 fully saturated rings. The number of nitrogens with one attached hydrogen (secondary N) is 1. The van der Waals surface area contributed by atoms with E-state index >= 15 is 0 Å². The maximum Gasteiger partial charge on any atom is 0.246 e. The number of ether oxygens (including phenoxy) is 1. The summed E-state index contributed by atoms with van der Waals surface area (Å²) in [6.07, 6.45) is 2.69. The number of amides is 2. The molecule has 1 N–H and O–H groups in total. The van der Waals surface area contributed by atoms with Crippen molar-refractivity contribution in [3.05, 3.63) is 65.7 Å². The second-order valence-electron chi connectivity index (χ2n) is 5.48. The first-order valence-corrected chi connectivity index (χ1v) is 7.71. The molecule has 2 aromatic rings. The van der Waals surface area contributed by atoms with E-state index in [4.69, 9.17) is 4.74 Å². The first-order valence-electron chi connectivity index (χ1n) is 7.71. The van der Waals surface area contributed by atoms with Crippen LogP contribution in [0.5, 0.6) is 5.75 Å². The number of methoxy groups -OCH3 is 1. The first-order chi connectivity index (χ1) is 12.4. The summed E-state index contributed by atoms with van der Waals surface area (Å²) < 4.78 is 31.3. The Morgan fingerprint density at radius 1 is 1.15 bits per heavy atom. The summed E-state index contributed by atoms with van der Waals surface area (Å²) in [5.74, 6) is -1.67. The molecule has 0 saturated carbocycles. The molecule has 136 valence electrons. The SMILES string of the molecule is COc1ccc(/C=C/C(=O)N(C)CC(=O)Nc2ccc(F)cc2)cc1F. The van der Waals surface area contributed by atoms with Crippen LogP contribution in [-0.4, -0.2) is 37.4 Å². The standard InChI is InChI=1S/C19H18F2N2O3/c1-23(12-18(24)22-15-7-5-14(20)6-8-15)19(25)10-4-13-3-9-17(26-2)16(21)11-13/h3-11H,12H2,1-2H3,(H,22,24)/b10-4+. The fraction of sp³-hybridized carbons (Fsp3) is 0.158. The molecule has 0 heterocycles. The van der Waals surface area contributed by atoms with Crippen LogP contribution >= 0.6 is 0 Å². The molecule has 0 unspecified atom stereocenters. The fourth-order valence-electron chi connectivity index (χ4n) is 2.11. The minimum atomic E-state index is -0.533. The minimum absolute atomic E-state index is 0.114. The van der Waals surface area contributed by atoms with Gasteiger partial charge in [-0.1, -0.05) is 6.07 Å². The van der Waals surface area contributed by atoms with E-state index in [2.05, 4.69) is 5.32 Å². The number of likely N-dealkylation sites (N-methyl/N-ethyl adjacent to an activating group) is 1. The van der Waals surface area contributed by atoms with Crippen molar-refractivity contribution in [3.8, 4) is 5.75 Å². The van der Waals surface area contributed by atoms with Crippen LogP contribution in [0.3, 0.4) is 0 Å². The zero-order chi connectivity index (χ0) is 19.1. The van der Waals surface area contributed by atoms with Gasteiger partial charge in [0.1, 0.15) is 5.82 Å². The lowest BCUT2D eigenvalue weighted by atomic mass is 10.2. The number of rotatable bonds is 6. The lowest BCUT2D eigenvalue weighted by molar-refractivity contribution is -0.129. The van der Waals surface area contributed by atoms with Crippen LogP contribution in [0.1, 0.15) is 5.56 Å². The first kappa shape index (κ1) is 19.1. The quantitative estimate of drug-likeness (QED) is 0.806. The predicted octanol–water partition coefficient (Wildman–Crippen LogP) is 3.08. The van der Waals surface area contributed by atoms with Crippen LogP contribution in [0.25, 0.3) is 6.08 Å². The summed E-state index contributed by atoms with van der Waals surface area (Å²) in [5, 5.41) is 2.56.